The van der Waals surface area contributed by atoms with Crippen molar-refractivity contribution in [3.63, 3.8) is 0 Å². The van der Waals surface area contributed by atoms with E-state index in [1.165, 1.54) is 23.8 Å². The van der Waals surface area contributed by atoms with Crippen molar-refractivity contribution in [3.05, 3.63) is 42.1 Å². The average molecular weight is 240 g/mol. The second kappa shape index (κ2) is 4.36. The minimum Gasteiger partial charge on any atom is -0.310 e. The molecule has 0 radical (unpaired) electrons. The Hall–Kier alpha value is -1.41. The van der Waals surface area contributed by atoms with Gasteiger partial charge in [0.15, 0.2) is 0 Å². The van der Waals surface area contributed by atoms with Crippen molar-refractivity contribution < 1.29 is 0 Å². The highest BCUT2D eigenvalue weighted by Crippen LogP contribution is 2.54. The smallest absolute Gasteiger partial charge is 0.0702 e. The first-order valence-electron chi connectivity index (χ1n) is 6.81. The van der Waals surface area contributed by atoms with Gasteiger partial charge in [-0.25, -0.2) is 0 Å². The molecule has 1 N–H and O–H groups in total. The van der Waals surface area contributed by atoms with Gasteiger partial charge >= 0.3 is 0 Å². The molecule has 0 amide bonds. The lowest BCUT2D eigenvalue weighted by atomic mass is 9.91. The maximum absolute atomic E-state index is 4.39. The number of nitrogens with one attached hydrogen (secondary N) is 1. The van der Waals surface area contributed by atoms with Crippen molar-refractivity contribution in [1.82, 2.24) is 10.3 Å². The summed E-state index contributed by atoms with van der Waals surface area (Å²) in [5.74, 6) is 0. The first-order chi connectivity index (χ1) is 8.73. The molecule has 0 saturated heterocycles. The topological polar surface area (TPSA) is 24.9 Å². The minimum absolute atomic E-state index is 0.450. The van der Waals surface area contributed by atoms with E-state index >= 15 is 0 Å². The third-order valence-corrected chi connectivity index (χ3v) is 4.10. The summed E-state index contributed by atoms with van der Waals surface area (Å²) >= 11 is 0. The molecule has 1 aliphatic rings. The molecule has 1 atom stereocenters. The molecular formula is C16H20N2. The first-order valence-corrected chi connectivity index (χ1v) is 6.81. The minimum atomic E-state index is 0.450. The molecule has 1 saturated carbocycles. The fourth-order valence-corrected chi connectivity index (χ4v) is 2.73. The predicted molar refractivity (Wildman–Crippen MR) is 75.5 cm³/mol. The molecule has 1 aromatic carbocycles. The number of pyridine rings is 1. The Morgan fingerprint density at radius 2 is 2.17 bits per heavy atom. The summed E-state index contributed by atoms with van der Waals surface area (Å²) in [5.41, 5.74) is 2.93. The first kappa shape index (κ1) is 11.7. The van der Waals surface area contributed by atoms with Gasteiger partial charge in [-0.3, -0.25) is 4.98 Å². The van der Waals surface area contributed by atoms with Crippen LogP contribution in [0.25, 0.3) is 10.9 Å². The van der Waals surface area contributed by atoms with E-state index in [9.17, 15) is 0 Å². The Kier molecular flexibility index (Phi) is 2.83. The SMILES string of the molecule is CCNC(c1ccc2ncccc2c1)C1(C)CC1. The van der Waals surface area contributed by atoms with Crippen LogP contribution < -0.4 is 5.32 Å². The second-order valence-corrected chi connectivity index (χ2v) is 5.60. The largest absolute Gasteiger partial charge is 0.310 e. The maximum atomic E-state index is 4.39. The number of aromatic nitrogens is 1. The number of benzene rings is 1. The summed E-state index contributed by atoms with van der Waals surface area (Å²) in [6.07, 6.45) is 4.51. The van der Waals surface area contributed by atoms with Crippen LogP contribution in [0, 0.1) is 5.41 Å². The van der Waals surface area contributed by atoms with Crippen LogP contribution in [-0.4, -0.2) is 11.5 Å². The third kappa shape index (κ3) is 2.01. The summed E-state index contributed by atoms with van der Waals surface area (Å²) < 4.78 is 0. The summed E-state index contributed by atoms with van der Waals surface area (Å²) in [6, 6.07) is 11.3. The Labute approximate surface area is 108 Å². The molecule has 2 nitrogen and oxygen atoms in total. The van der Waals surface area contributed by atoms with Crippen molar-refractivity contribution >= 4 is 10.9 Å². The maximum Gasteiger partial charge on any atom is 0.0702 e. The molecule has 18 heavy (non-hydrogen) atoms. The lowest BCUT2D eigenvalue weighted by molar-refractivity contribution is 0.373. The molecule has 0 spiro atoms. The molecule has 1 heterocycles. The van der Waals surface area contributed by atoms with E-state index in [4.69, 9.17) is 0 Å². The Morgan fingerprint density at radius 3 is 2.89 bits per heavy atom. The van der Waals surface area contributed by atoms with E-state index in [-0.39, 0.29) is 0 Å². The highest BCUT2D eigenvalue weighted by atomic mass is 14.9. The lowest BCUT2D eigenvalue weighted by Gasteiger charge is -2.25. The van der Waals surface area contributed by atoms with E-state index in [0.29, 0.717) is 11.5 Å². The normalized spacial score (nSPS) is 18.8. The quantitative estimate of drug-likeness (QED) is 0.881. The molecule has 2 heteroatoms. The van der Waals surface area contributed by atoms with Crippen molar-refractivity contribution in [3.8, 4) is 0 Å². The lowest BCUT2D eigenvalue weighted by Crippen LogP contribution is -2.27. The van der Waals surface area contributed by atoms with Crippen LogP contribution in [0.2, 0.25) is 0 Å². The second-order valence-electron chi connectivity index (χ2n) is 5.60. The van der Waals surface area contributed by atoms with Crippen molar-refractivity contribution in [1.29, 1.82) is 0 Å². The molecule has 1 fully saturated rings. The zero-order valence-electron chi connectivity index (χ0n) is 11.1. The standard InChI is InChI=1S/C16H20N2/c1-3-17-15(16(2)8-9-16)13-6-7-14-12(11-13)5-4-10-18-14/h4-7,10-11,15,17H,3,8-9H2,1-2H3. The van der Waals surface area contributed by atoms with Crippen LogP contribution in [0.4, 0.5) is 0 Å². The van der Waals surface area contributed by atoms with Gasteiger partial charge in [0.1, 0.15) is 0 Å². The van der Waals surface area contributed by atoms with Crippen LogP contribution in [-0.2, 0) is 0 Å². The van der Waals surface area contributed by atoms with Gasteiger partial charge in [-0.1, -0.05) is 26.0 Å². The molecular weight excluding hydrogens is 220 g/mol. The van der Waals surface area contributed by atoms with E-state index < -0.39 is 0 Å². The molecule has 0 bridgehead atoms. The van der Waals surface area contributed by atoms with Gasteiger partial charge in [0.2, 0.25) is 0 Å². The Morgan fingerprint density at radius 1 is 1.33 bits per heavy atom. The number of hydrogen-bond acceptors (Lipinski definition) is 2. The molecule has 1 unspecified atom stereocenters. The fourth-order valence-electron chi connectivity index (χ4n) is 2.73. The number of hydrogen-bond donors (Lipinski definition) is 1. The van der Waals surface area contributed by atoms with E-state index in [2.05, 4.69) is 48.4 Å². The number of nitrogens with zero attached hydrogens (tertiary/aromatic N) is 1. The third-order valence-electron chi connectivity index (χ3n) is 4.10. The average Bonchev–Trinajstić information content (AvgIpc) is 3.14. The predicted octanol–water partition coefficient (Wildman–Crippen LogP) is 3.69. The van der Waals surface area contributed by atoms with Crippen LogP contribution in [0.1, 0.15) is 38.3 Å². The van der Waals surface area contributed by atoms with E-state index in [1.54, 1.807) is 0 Å². The highest BCUT2D eigenvalue weighted by molar-refractivity contribution is 5.79. The molecule has 0 aliphatic heterocycles. The van der Waals surface area contributed by atoms with Gasteiger partial charge < -0.3 is 5.32 Å². The zero-order valence-corrected chi connectivity index (χ0v) is 11.1. The van der Waals surface area contributed by atoms with Crippen molar-refractivity contribution in [2.45, 2.75) is 32.7 Å². The van der Waals surface area contributed by atoms with Crippen LogP contribution in [0.3, 0.4) is 0 Å². The van der Waals surface area contributed by atoms with Crippen molar-refractivity contribution in [2.75, 3.05) is 6.54 Å². The molecule has 1 aromatic heterocycles. The molecule has 94 valence electrons. The molecule has 1 aliphatic carbocycles. The summed E-state index contributed by atoms with van der Waals surface area (Å²) in [7, 11) is 0. The molecule has 3 rings (SSSR count). The Balaban J connectivity index is 2.01. The van der Waals surface area contributed by atoms with Crippen LogP contribution in [0.15, 0.2) is 36.5 Å². The van der Waals surface area contributed by atoms with Gasteiger partial charge in [-0.15, -0.1) is 0 Å². The monoisotopic (exact) mass is 240 g/mol. The van der Waals surface area contributed by atoms with Gasteiger partial charge in [0.25, 0.3) is 0 Å². The highest BCUT2D eigenvalue weighted by Gasteiger charge is 2.45. The Bertz CT molecular complexity index is 558. The van der Waals surface area contributed by atoms with Gasteiger partial charge in [0, 0.05) is 17.6 Å². The summed E-state index contributed by atoms with van der Waals surface area (Å²) in [5, 5.41) is 4.88. The van der Waals surface area contributed by atoms with Crippen LogP contribution in [0.5, 0.6) is 0 Å². The number of rotatable bonds is 4. The van der Waals surface area contributed by atoms with E-state index in [1.807, 2.05) is 12.3 Å². The van der Waals surface area contributed by atoms with E-state index in [0.717, 1.165) is 12.1 Å². The number of fused-ring (bicyclic) bond motifs is 1. The summed E-state index contributed by atoms with van der Waals surface area (Å²) in [6.45, 7) is 5.58. The van der Waals surface area contributed by atoms with Crippen molar-refractivity contribution in [2.24, 2.45) is 5.41 Å². The van der Waals surface area contributed by atoms with Gasteiger partial charge in [0.05, 0.1) is 5.52 Å². The van der Waals surface area contributed by atoms with Gasteiger partial charge in [-0.05, 0) is 48.6 Å². The summed E-state index contributed by atoms with van der Waals surface area (Å²) in [4.78, 5) is 4.39. The van der Waals surface area contributed by atoms with Crippen LogP contribution >= 0.6 is 0 Å². The van der Waals surface area contributed by atoms with Gasteiger partial charge in [-0.2, -0.15) is 0 Å². The zero-order chi connectivity index (χ0) is 12.6. The molecule has 2 aromatic rings. The fraction of sp³-hybridized carbons (Fsp3) is 0.438.